The van der Waals surface area contributed by atoms with E-state index in [1.54, 1.807) is 0 Å². The van der Waals surface area contributed by atoms with Crippen molar-refractivity contribution in [3.63, 3.8) is 0 Å². The first-order valence-corrected chi connectivity index (χ1v) is 7.99. The zero-order chi connectivity index (χ0) is 14.7. The molecule has 2 rings (SSSR count). The largest absolute Gasteiger partial charge is 0.379 e. The van der Waals surface area contributed by atoms with Crippen molar-refractivity contribution in [3.05, 3.63) is 62.0 Å². The molecule has 0 radical (unpaired) electrons. The minimum Gasteiger partial charge on any atom is -0.379 e. The Morgan fingerprint density at radius 3 is 2.10 bits per heavy atom. The zero-order valence-electron chi connectivity index (χ0n) is 11.4. The van der Waals surface area contributed by atoms with E-state index < -0.39 is 0 Å². The van der Waals surface area contributed by atoms with Crippen molar-refractivity contribution in [1.29, 1.82) is 0 Å². The Bertz CT molecular complexity index is 571. The number of halogens is 3. The minimum absolute atomic E-state index is 0.548. The van der Waals surface area contributed by atoms with Crippen molar-refractivity contribution in [3.8, 4) is 0 Å². The van der Waals surface area contributed by atoms with Gasteiger partial charge in [0.1, 0.15) is 0 Å². The molecule has 0 amide bonds. The van der Waals surface area contributed by atoms with Gasteiger partial charge < -0.3 is 5.32 Å². The van der Waals surface area contributed by atoms with Gasteiger partial charge in [0, 0.05) is 11.0 Å². The van der Waals surface area contributed by atoms with Gasteiger partial charge in [-0.2, -0.15) is 0 Å². The van der Waals surface area contributed by atoms with Gasteiger partial charge in [-0.1, -0.05) is 77.2 Å². The van der Waals surface area contributed by atoms with Crippen LogP contribution in [0.3, 0.4) is 0 Å². The molecule has 4 heteroatoms. The van der Waals surface area contributed by atoms with Gasteiger partial charge in [0.15, 0.2) is 0 Å². The third-order valence-corrected chi connectivity index (χ3v) is 4.18. The van der Waals surface area contributed by atoms with E-state index in [4.69, 9.17) is 23.2 Å². The molecule has 0 spiro atoms. The number of rotatable bonds is 4. The molecule has 0 fully saturated rings. The molecule has 1 nitrogen and oxygen atoms in total. The Morgan fingerprint density at radius 1 is 1.05 bits per heavy atom. The molecule has 0 aliphatic heterocycles. The van der Waals surface area contributed by atoms with Gasteiger partial charge in [-0.3, -0.25) is 0 Å². The summed E-state index contributed by atoms with van der Waals surface area (Å²) in [7, 11) is 0. The average molecular weight is 373 g/mol. The molecule has 1 N–H and O–H groups in total. The molecule has 0 aliphatic rings. The number of anilines is 1. The molecule has 2 aromatic rings. The van der Waals surface area contributed by atoms with Crippen molar-refractivity contribution in [2.75, 3.05) is 5.32 Å². The summed E-state index contributed by atoms with van der Waals surface area (Å²) in [5.74, 6) is 0.548. The second-order valence-corrected chi connectivity index (χ2v) is 6.72. The van der Waals surface area contributed by atoms with Crippen LogP contribution in [-0.4, -0.2) is 0 Å². The Balaban J connectivity index is 2.09. The molecule has 0 heterocycles. The van der Waals surface area contributed by atoms with Crippen LogP contribution >= 0.6 is 39.1 Å². The minimum atomic E-state index is 0.548. The van der Waals surface area contributed by atoms with Crippen molar-refractivity contribution >= 4 is 44.8 Å². The maximum atomic E-state index is 6.19. The van der Waals surface area contributed by atoms with E-state index >= 15 is 0 Å². The predicted molar refractivity (Wildman–Crippen MR) is 92.0 cm³/mol. The lowest BCUT2D eigenvalue weighted by atomic mass is 10.0. The fourth-order valence-electron chi connectivity index (χ4n) is 1.92. The van der Waals surface area contributed by atoms with Crippen LogP contribution < -0.4 is 5.32 Å². The second-order valence-electron chi connectivity index (χ2n) is 4.99. The van der Waals surface area contributed by atoms with Crippen molar-refractivity contribution < 1.29 is 0 Å². The fraction of sp³-hybridized carbons (Fsp3) is 0.250. The van der Waals surface area contributed by atoms with Gasteiger partial charge >= 0.3 is 0 Å². The van der Waals surface area contributed by atoms with Crippen LogP contribution in [-0.2, 0) is 6.54 Å². The summed E-state index contributed by atoms with van der Waals surface area (Å²) in [4.78, 5) is 0. The first-order chi connectivity index (χ1) is 9.47. The van der Waals surface area contributed by atoms with Crippen LogP contribution in [0.25, 0.3) is 0 Å². The van der Waals surface area contributed by atoms with Crippen LogP contribution in [0.1, 0.15) is 30.9 Å². The van der Waals surface area contributed by atoms with Crippen molar-refractivity contribution in [2.24, 2.45) is 0 Å². The normalized spacial score (nSPS) is 10.9. The standard InChI is InChI=1S/C16H16BrCl2N/c1-10(2)12-5-3-11(4-6-12)9-20-16-14(18)7-13(17)8-15(16)19/h3-8,10,20H,9H2,1-2H3. The molecule has 20 heavy (non-hydrogen) atoms. The topological polar surface area (TPSA) is 12.0 Å². The second kappa shape index (κ2) is 6.84. The Labute approximate surface area is 138 Å². The molecule has 0 saturated heterocycles. The molecule has 2 aromatic carbocycles. The monoisotopic (exact) mass is 371 g/mol. The first-order valence-electron chi connectivity index (χ1n) is 6.44. The third-order valence-electron chi connectivity index (χ3n) is 3.12. The molecule has 0 bridgehead atoms. The zero-order valence-corrected chi connectivity index (χ0v) is 14.5. The smallest absolute Gasteiger partial charge is 0.0722 e. The predicted octanol–water partition coefficient (Wildman–Crippen LogP) is 6.49. The van der Waals surface area contributed by atoms with E-state index in [0.29, 0.717) is 22.5 Å². The SMILES string of the molecule is CC(C)c1ccc(CNc2c(Cl)cc(Br)cc2Cl)cc1. The Kier molecular flexibility index (Phi) is 5.36. The summed E-state index contributed by atoms with van der Waals surface area (Å²) in [6.07, 6.45) is 0. The van der Waals surface area contributed by atoms with Gasteiger partial charge in [0.05, 0.1) is 15.7 Å². The lowest BCUT2D eigenvalue weighted by Gasteiger charge is -2.12. The summed E-state index contributed by atoms with van der Waals surface area (Å²) in [6, 6.07) is 12.2. The highest BCUT2D eigenvalue weighted by atomic mass is 79.9. The number of nitrogens with one attached hydrogen (secondary N) is 1. The van der Waals surface area contributed by atoms with Crippen LogP contribution in [0.2, 0.25) is 10.0 Å². The van der Waals surface area contributed by atoms with E-state index in [-0.39, 0.29) is 0 Å². The molecular formula is C16H16BrCl2N. The number of hydrogen-bond donors (Lipinski definition) is 1. The molecule has 106 valence electrons. The molecule has 0 unspecified atom stereocenters. The van der Waals surface area contributed by atoms with Gasteiger partial charge in [-0.25, -0.2) is 0 Å². The van der Waals surface area contributed by atoms with Crippen LogP contribution in [0.15, 0.2) is 40.9 Å². The Hall–Kier alpha value is -0.700. The maximum absolute atomic E-state index is 6.19. The summed E-state index contributed by atoms with van der Waals surface area (Å²) in [5.41, 5.74) is 3.31. The van der Waals surface area contributed by atoms with E-state index in [1.807, 2.05) is 12.1 Å². The van der Waals surface area contributed by atoms with Gasteiger partial charge in [-0.15, -0.1) is 0 Å². The molecule has 0 aromatic heterocycles. The summed E-state index contributed by atoms with van der Waals surface area (Å²) >= 11 is 15.7. The highest BCUT2D eigenvalue weighted by Crippen LogP contribution is 2.34. The number of benzene rings is 2. The van der Waals surface area contributed by atoms with E-state index in [1.165, 1.54) is 11.1 Å². The number of hydrogen-bond acceptors (Lipinski definition) is 1. The quantitative estimate of drug-likeness (QED) is 0.646. The van der Waals surface area contributed by atoms with Crippen LogP contribution in [0, 0.1) is 0 Å². The first kappa shape index (κ1) is 15.7. The third kappa shape index (κ3) is 3.91. The lowest BCUT2D eigenvalue weighted by molar-refractivity contribution is 0.865. The summed E-state index contributed by atoms with van der Waals surface area (Å²) < 4.78 is 0.874. The van der Waals surface area contributed by atoms with Crippen molar-refractivity contribution in [2.45, 2.75) is 26.3 Å². The highest BCUT2D eigenvalue weighted by Gasteiger charge is 2.07. The van der Waals surface area contributed by atoms with Crippen molar-refractivity contribution in [1.82, 2.24) is 0 Å². The molecule has 0 saturated carbocycles. The highest BCUT2D eigenvalue weighted by molar-refractivity contribution is 9.10. The lowest BCUT2D eigenvalue weighted by Crippen LogP contribution is -2.01. The van der Waals surface area contributed by atoms with Gasteiger partial charge in [0.2, 0.25) is 0 Å². The van der Waals surface area contributed by atoms with Crippen LogP contribution in [0.4, 0.5) is 5.69 Å². The van der Waals surface area contributed by atoms with E-state index in [9.17, 15) is 0 Å². The summed E-state index contributed by atoms with van der Waals surface area (Å²) in [5, 5.41) is 4.52. The average Bonchev–Trinajstić information content (AvgIpc) is 2.38. The maximum Gasteiger partial charge on any atom is 0.0722 e. The molecule has 0 atom stereocenters. The van der Waals surface area contributed by atoms with Gasteiger partial charge in [-0.05, 0) is 29.2 Å². The molecule has 0 aliphatic carbocycles. The van der Waals surface area contributed by atoms with E-state index in [2.05, 4.69) is 59.4 Å². The van der Waals surface area contributed by atoms with Crippen LogP contribution in [0.5, 0.6) is 0 Å². The van der Waals surface area contributed by atoms with E-state index in [0.717, 1.165) is 10.2 Å². The molecular weight excluding hydrogens is 357 g/mol. The van der Waals surface area contributed by atoms with Gasteiger partial charge in [0.25, 0.3) is 0 Å². The summed E-state index contributed by atoms with van der Waals surface area (Å²) in [6.45, 7) is 5.07. The fourth-order valence-corrected chi connectivity index (χ4v) is 3.26. The Morgan fingerprint density at radius 2 is 1.60 bits per heavy atom.